The molecule has 0 saturated carbocycles. The average molecular weight is 329 g/mol. The summed E-state index contributed by atoms with van der Waals surface area (Å²) in [5.41, 5.74) is 1.27. The van der Waals surface area contributed by atoms with Gasteiger partial charge in [0.05, 0.1) is 12.0 Å². The molecule has 4 heteroatoms. The number of methoxy groups -OCH3 is 1. The van der Waals surface area contributed by atoms with Crippen LogP contribution in [-0.4, -0.2) is 12.9 Å². The number of ether oxygens (including phenoxy) is 1. The van der Waals surface area contributed by atoms with Gasteiger partial charge in [-0.1, -0.05) is 36.4 Å². The zero-order valence-electron chi connectivity index (χ0n) is 11.9. The highest BCUT2D eigenvalue weighted by molar-refractivity contribution is 7.21. The van der Waals surface area contributed by atoms with Crippen LogP contribution >= 0.6 is 22.9 Å². The molecule has 0 atom stereocenters. The Balaban J connectivity index is 1.92. The molecule has 0 aliphatic rings. The van der Waals surface area contributed by atoms with Gasteiger partial charge in [-0.25, -0.2) is 0 Å². The van der Waals surface area contributed by atoms with E-state index in [9.17, 15) is 4.79 Å². The van der Waals surface area contributed by atoms with Crippen molar-refractivity contribution in [2.24, 2.45) is 0 Å². The highest BCUT2D eigenvalue weighted by Gasteiger charge is 2.15. The molecule has 0 unspecified atom stereocenters. The van der Waals surface area contributed by atoms with Crippen LogP contribution in [0.3, 0.4) is 0 Å². The van der Waals surface area contributed by atoms with Crippen molar-refractivity contribution >= 4 is 44.4 Å². The summed E-state index contributed by atoms with van der Waals surface area (Å²) < 4.78 is 6.12. The molecule has 0 aliphatic heterocycles. The van der Waals surface area contributed by atoms with Gasteiger partial charge in [0.25, 0.3) is 0 Å². The topological polar surface area (TPSA) is 26.3 Å². The Morgan fingerprint density at radius 2 is 1.86 bits per heavy atom. The molecule has 0 radical (unpaired) electrons. The molecule has 110 valence electrons. The molecule has 0 spiro atoms. The number of benzene rings is 2. The number of carbonyl (C=O) groups excluding carboxylic acids is 1. The van der Waals surface area contributed by atoms with Gasteiger partial charge in [-0.3, -0.25) is 4.79 Å². The summed E-state index contributed by atoms with van der Waals surface area (Å²) in [4.78, 5) is 13.3. The van der Waals surface area contributed by atoms with E-state index in [2.05, 4.69) is 6.58 Å². The van der Waals surface area contributed by atoms with Crippen molar-refractivity contribution in [2.45, 2.75) is 0 Å². The predicted molar refractivity (Wildman–Crippen MR) is 93.2 cm³/mol. The van der Waals surface area contributed by atoms with Gasteiger partial charge in [-0.15, -0.1) is 11.3 Å². The Kier molecular flexibility index (Phi) is 4.01. The van der Waals surface area contributed by atoms with Crippen LogP contribution in [0.2, 0.25) is 5.02 Å². The van der Waals surface area contributed by atoms with Crippen LogP contribution < -0.4 is 4.74 Å². The number of Topliss-reactive ketones (excluding diaryl/α,β-unsaturated/α-hetero) is 1. The van der Waals surface area contributed by atoms with Crippen LogP contribution in [0.25, 0.3) is 15.7 Å². The number of thiophene rings is 1. The number of halogens is 1. The second-order valence-corrected chi connectivity index (χ2v) is 6.35. The Labute approximate surface area is 137 Å². The van der Waals surface area contributed by atoms with Crippen LogP contribution in [0.4, 0.5) is 0 Å². The van der Waals surface area contributed by atoms with Crippen molar-refractivity contribution in [1.82, 2.24) is 0 Å². The van der Waals surface area contributed by atoms with E-state index in [1.807, 2.05) is 48.5 Å². The smallest absolute Gasteiger partial charge is 0.202 e. The van der Waals surface area contributed by atoms with Gasteiger partial charge in [0.15, 0.2) is 0 Å². The Hall–Kier alpha value is -2.10. The summed E-state index contributed by atoms with van der Waals surface area (Å²) in [5, 5.41) is 1.68. The Morgan fingerprint density at radius 3 is 2.55 bits per heavy atom. The monoisotopic (exact) mass is 328 g/mol. The fourth-order valence-corrected chi connectivity index (χ4v) is 3.50. The number of hydrogen-bond donors (Lipinski definition) is 0. The zero-order valence-corrected chi connectivity index (χ0v) is 13.5. The Morgan fingerprint density at radius 1 is 1.14 bits per heavy atom. The van der Waals surface area contributed by atoms with E-state index in [-0.39, 0.29) is 5.78 Å². The number of rotatable bonds is 4. The Bertz CT molecular complexity index is 862. The van der Waals surface area contributed by atoms with E-state index in [1.165, 1.54) is 11.3 Å². The van der Waals surface area contributed by atoms with Gasteiger partial charge < -0.3 is 4.74 Å². The van der Waals surface area contributed by atoms with Gasteiger partial charge in [0.1, 0.15) is 5.75 Å². The third-order valence-corrected chi connectivity index (χ3v) is 4.75. The van der Waals surface area contributed by atoms with Crippen molar-refractivity contribution in [1.29, 1.82) is 0 Å². The van der Waals surface area contributed by atoms with Crippen LogP contribution in [0.5, 0.6) is 5.75 Å². The standard InChI is InChI=1S/C18H13ClO2S/c1-11(12-4-7-15(21-2)8-5-12)18(20)17-9-13-3-6-14(19)10-16(13)22-17/h3-10H,1H2,2H3. The van der Waals surface area contributed by atoms with E-state index in [0.717, 1.165) is 21.4 Å². The molecule has 2 aromatic carbocycles. The van der Waals surface area contributed by atoms with Crippen LogP contribution in [0.1, 0.15) is 15.2 Å². The highest BCUT2D eigenvalue weighted by atomic mass is 35.5. The molecule has 3 aromatic rings. The van der Waals surface area contributed by atoms with Gasteiger partial charge in [0, 0.05) is 15.3 Å². The first kappa shape index (κ1) is 14.8. The summed E-state index contributed by atoms with van der Waals surface area (Å²) in [5.74, 6) is 0.683. The SMILES string of the molecule is C=C(C(=O)c1cc2ccc(Cl)cc2s1)c1ccc(OC)cc1. The molecule has 22 heavy (non-hydrogen) atoms. The first-order valence-electron chi connectivity index (χ1n) is 6.65. The highest BCUT2D eigenvalue weighted by Crippen LogP contribution is 2.31. The third-order valence-electron chi connectivity index (χ3n) is 3.42. The lowest BCUT2D eigenvalue weighted by Gasteiger charge is -2.05. The second-order valence-electron chi connectivity index (χ2n) is 4.83. The summed E-state index contributed by atoms with van der Waals surface area (Å²) in [6.45, 7) is 3.93. The van der Waals surface area contributed by atoms with Crippen LogP contribution in [-0.2, 0) is 0 Å². The van der Waals surface area contributed by atoms with Gasteiger partial charge >= 0.3 is 0 Å². The summed E-state index contributed by atoms with van der Waals surface area (Å²) >= 11 is 7.42. The predicted octanol–water partition coefficient (Wildman–Crippen LogP) is 5.46. The normalized spacial score (nSPS) is 10.6. The van der Waals surface area contributed by atoms with Crippen LogP contribution in [0, 0.1) is 0 Å². The first-order valence-corrected chi connectivity index (χ1v) is 7.85. The van der Waals surface area contributed by atoms with Crippen molar-refractivity contribution in [3.05, 3.63) is 70.6 Å². The van der Waals surface area contributed by atoms with E-state index in [0.29, 0.717) is 15.5 Å². The molecule has 0 N–H and O–H groups in total. The molecule has 0 fully saturated rings. The molecule has 0 bridgehead atoms. The van der Waals surface area contributed by atoms with Gasteiger partial charge in [-0.05, 0) is 41.3 Å². The number of allylic oxidation sites excluding steroid dienone is 1. The lowest BCUT2D eigenvalue weighted by atomic mass is 10.0. The van der Waals surface area contributed by atoms with Gasteiger partial charge in [0.2, 0.25) is 5.78 Å². The lowest BCUT2D eigenvalue weighted by molar-refractivity contribution is 0.106. The van der Waals surface area contributed by atoms with E-state index < -0.39 is 0 Å². The van der Waals surface area contributed by atoms with E-state index >= 15 is 0 Å². The summed E-state index contributed by atoms with van der Waals surface area (Å²) in [6, 6.07) is 14.8. The fourth-order valence-electron chi connectivity index (χ4n) is 2.19. The largest absolute Gasteiger partial charge is 0.497 e. The van der Waals surface area contributed by atoms with Crippen molar-refractivity contribution in [3.8, 4) is 5.75 Å². The lowest BCUT2D eigenvalue weighted by Crippen LogP contribution is -1.99. The fraction of sp³-hybridized carbons (Fsp3) is 0.0556. The van der Waals surface area contributed by atoms with Crippen molar-refractivity contribution in [2.75, 3.05) is 7.11 Å². The molecule has 0 amide bonds. The van der Waals surface area contributed by atoms with Crippen LogP contribution in [0.15, 0.2) is 55.1 Å². The molecule has 0 aliphatic carbocycles. The van der Waals surface area contributed by atoms with E-state index in [4.69, 9.17) is 16.3 Å². The maximum absolute atomic E-state index is 12.6. The maximum Gasteiger partial charge on any atom is 0.202 e. The molecule has 2 nitrogen and oxygen atoms in total. The molecular formula is C18H13ClO2S. The van der Waals surface area contributed by atoms with E-state index in [1.54, 1.807) is 7.11 Å². The zero-order chi connectivity index (χ0) is 15.7. The third kappa shape index (κ3) is 2.78. The molecule has 3 rings (SSSR count). The quantitative estimate of drug-likeness (QED) is 0.469. The van der Waals surface area contributed by atoms with Gasteiger partial charge in [-0.2, -0.15) is 0 Å². The molecule has 1 heterocycles. The minimum Gasteiger partial charge on any atom is -0.497 e. The van der Waals surface area contributed by atoms with Crippen molar-refractivity contribution in [3.63, 3.8) is 0 Å². The maximum atomic E-state index is 12.6. The minimum atomic E-state index is -0.0671. The number of ketones is 1. The molecule has 0 saturated heterocycles. The minimum absolute atomic E-state index is 0.0671. The number of hydrogen-bond acceptors (Lipinski definition) is 3. The average Bonchev–Trinajstić information content (AvgIpc) is 2.96. The molecule has 1 aromatic heterocycles. The number of carbonyl (C=O) groups is 1. The summed E-state index contributed by atoms with van der Waals surface area (Å²) in [6.07, 6.45) is 0. The van der Waals surface area contributed by atoms with Crippen molar-refractivity contribution < 1.29 is 9.53 Å². The summed E-state index contributed by atoms with van der Waals surface area (Å²) in [7, 11) is 1.61. The second kappa shape index (κ2) is 5.95. The first-order chi connectivity index (χ1) is 10.6. The number of fused-ring (bicyclic) bond motifs is 1. The molecular weight excluding hydrogens is 316 g/mol.